The highest BCUT2D eigenvalue weighted by atomic mass is 15.3. The van der Waals surface area contributed by atoms with E-state index in [9.17, 15) is 0 Å². The van der Waals surface area contributed by atoms with Crippen LogP contribution in [0.4, 0.5) is 5.82 Å². The molecule has 0 bridgehead atoms. The van der Waals surface area contributed by atoms with Crippen molar-refractivity contribution in [2.24, 2.45) is 5.41 Å². The number of pyridine rings is 1. The zero-order chi connectivity index (χ0) is 17.4. The van der Waals surface area contributed by atoms with E-state index in [1.54, 1.807) is 18.1 Å². The van der Waals surface area contributed by atoms with Crippen LogP contribution in [-0.4, -0.2) is 64.5 Å². The molecule has 1 aliphatic carbocycles. The van der Waals surface area contributed by atoms with Gasteiger partial charge in [0.15, 0.2) is 18.8 Å². The van der Waals surface area contributed by atoms with Crippen molar-refractivity contribution >= 4 is 11.5 Å². The van der Waals surface area contributed by atoms with E-state index in [-0.39, 0.29) is 0 Å². The quantitative estimate of drug-likeness (QED) is 0.835. The van der Waals surface area contributed by atoms with Gasteiger partial charge in [-0.25, -0.2) is 9.56 Å². The van der Waals surface area contributed by atoms with Gasteiger partial charge in [0.2, 0.25) is 0 Å². The first kappa shape index (κ1) is 15.9. The molecule has 3 aliphatic rings. The first-order valence-corrected chi connectivity index (χ1v) is 9.60. The Hall–Kier alpha value is -2.34. The summed E-state index contributed by atoms with van der Waals surface area (Å²) in [4.78, 5) is 15.7. The number of piperazine rings is 1. The van der Waals surface area contributed by atoms with Gasteiger partial charge in [0.05, 0.1) is 25.0 Å². The van der Waals surface area contributed by atoms with Crippen molar-refractivity contribution in [3.8, 4) is 11.3 Å². The van der Waals surface area contributed by atoms with Crippen LogP contribution >= 0.6 is 0 Å². The van der Waals surface area contributed by atoms with Crippen LogP contribution in [0.1, 0.15) is 19.3 Å². The number of rotatable bonds is 2. The zero-order valence-electron chi connectivity index (χ0n) is 15.1. The predicted octanol–water partition coefficient (Wildman–Crippen LogP) is 1.59. The number of hydrogen-bond donors (Lipinski definition) is 1. The molecule has 0 amide bonds. The Labute approximate surface area is 154 Å². The molecule has 0 radical (unpaired) electrons. The molecule has 2 aromatic rings. The highest BCUT2D eigenvalue weighted by Gasteiger charge is 2.45. The molecule has 6 heteroatoms. The number of nitrogens with one attached hydrogen (secondary N) is 1. The fraction of sp³-hybridized carbons (Fsp3) is 0.500. The maximum atomic E-state index is 4.67. The van der Waals surface area contributed by atoms with Gasteiger partial charge >= 0.3 is 0 Å². The van der Waals surface area contributed by atoms with Crippen molar-refractivity contribution in [1.29, 1.82) is 0 Å². The van der Waals surface area contributed by atoms with Gasteiger partial charge < -0.3 is 10.2 Å². The minimum Gasteiger partial charge on any atom is -0.343 e. The van der Waals surface area contributed by atoms with E-state index in [1.807, 2.05) is 18.5 Å². The van der Waals surface area contributed by atoms with E-state index >= 15 is 0 Å². The Morgan fingerprint density at radius 1 is 1.08 bits per heavy atom. The lowest BCUT2D eigenvalue weighted by atomic mass is 9.80. The van der Waals surface area contributed by atoms with E-state index in [0.29, 0.717) is 5.41 Å². The molecule has 26 heavy (non-hydrogen) atoms. The van der Waals surface area contributed by atoms with Gasteiger partial charge in [-0.05, 0) is 18.6 Å². The van der Waals surface area contributed by atoms with Gasteiger partial charge in [-0.3, -0.25) is 9.97 Å². The lowest BCUT2D eigenvalue weighted by molar-refractivity contribution is -0.531. The standard InChI is InChI=1S/C20H25N6/c1-2-17(18-13-21-6-7-23-18)19(24-5-1)26-10-8-25(9-11-26)16-3-4-20(12-16)14-22-15-20/h1-2,5-7,13,22H,3-4,8-12,14-15H2/q+1. The molecule has 1 spiro atoms. The Morgan fingerprint density at radius 3 is 2.65 bits per heavy atom. The summed E-state index contributed by atoms with van der Waals surface area (Å²) in [6, 6.07) is 4.07. The predicted molar refractivity (Wildman–Crippen MR) is 102 cm³/mol. The van der Waals surface area contributed by atoms with Crippen molar-refractivity contribution < 1.29 is 4.58 Å². The van der Waals surface area contributed by atoms with Crippen LogP contribution in [0, 0.1) is 5.41 Å². The molecular weight excluding hydrogens is 324 g/mol. The van der Waals surface area contributed by atoms with Crippen molar-refractivity contribution in [3.05, 3.63) is 36.9 Å². The summed E-state index contributed by atoms with van der Waals surface area (Å²) in [6.07, 6.45) is 11.1. The summed E-state index contributed by atoms with van der Waals surface area (Å²) < 4.78 is 2.63. The molecule has 5 rings (SSSR count). The number of hydrogen-bond acceptors (Lipinski definition) is 5. The number of nitrogens with zero attached hydrogens (tertiary/aromatic N) is 5. The maximum Gasteiger partial charge on any atom is 0.160 e. The molecule has 1 saturated carbocycles. The topological polar surface area (TPSA) is 57.0 Å². The van der Waals surface area contributed by atoms with Crippen LogP contribution in [0.25, 0.3) is 11.3 Å². The van der Waals surface area contributed by atoms with Crippen LogP contribution in [0.2, 0.25) is 0 Å². The van der Waals surface area contributed by atoms with E-state index < -0.39 is 0 Å². The van der Waals surface area contributed by atoms with Crippen molar-refractivity contribution in [2.45, 2.75) is 19.3 Å². The lowest BCUT2D eigenvalue weighted by Crippen LogP contribution is -2.52. The minimum absolute atomic E-state index is 0.590. The fourth-order valence-corrected chi connectivity index (χ4v) is 4.59. The third-order valence-corrected chi connectivity index (χ3v) is 6.18. The largest absolute Gasteiger partial charge is 0.343 e. The van der Waals surface area contributed by atoms with Crippen LogP contribution in [0.3, 0.4) is 0 Å². The Morgan fingerprint density at radius 2 is 1.96 bits per heavy atom. The third-order valence-electron chi connectivity index (χ3n) is 6.18. The summed E-state index contributed by atoms with van der Waals surface area (Å²) in [6.45, 7) is 6.64. The highest BCUT2D eigenvalue weighted by molar-refractivity contribution is 5.83. The molecule has 2 aromatic heterocycles. The maximum absolute atomic E-state index is 4.67. The minimum atomic E-state index is 0.590. The van der Waals surface area contributed by atoms with Gasteiger partial charge in [0.25, 0.3) is 0 Å². The first-order chi connectivity index (χ1) is 12.8. The summed E-state index contributed by atoms with van der Waals surface area (Å²) in [5.74, 6) is 1.03. The molecule has 3 fully saturated rings. The van der Waals surface area contributed by atoms with Crippen LogP contribution < -0.4 is 10.2 Å². The molecule has 1 N–H and O–H groups in total. The van der Waals surface area contributed by atoms with Crippen LogP contribution in [0.5, 0.6) is 0 Å². The molecule has 0 aromatic carbocycles. The second kappa shape index (κ2) is 6.43. The van der Waals surface area contributed by atoms with Gasteiger partial charge in [-0.15, -0.1) is 0 Å². The van der Waals surface area contributed by atoms with Crippen molar-refractivity contribution in [3.63, 3.8) is 0 Å². The van der Waals surface area contributed by atoms with E-state index in [4.69, 9.17) is 0 Å². The lowest BCUT2D eigenvalue weighted by Gasteiger charge is -2.38. The smallest absolute Gasteiger partial charge is 0.160 e. The van der Waals surface area contributed by atoms with E-state index in [2.05, 4.69) is 35.8 Å². The molecule has 6 nitrogen and oxygen atoms in total. The number of aromatic nitrogens is 3. The molecule has 2 saturated heterocycles. The van der Waals surface area contributed by atoms with Gasteiger partial charge in [0, 0.05) is 55.5 Å². The average molecular weight is 349 g/mol. The normalized spacial score (nSPS) is 21.9. The summed E-state index contributed by atoms with van der Waals surface area (Å²) in [7, 11) is 0. The average Bonchev–Trinajstić information content (AvgIpc) is 3.15. The summed E-state index contributed by atoms with van der Waals surface area (Å²) in [5.41, 5.74) is 4.23. The molecule has 2 aliphatic heterocycles. The van der Waals surface area contributed by atoms with E-state index in [1.165, 1.54) is 32.4 Å². The van der Waals surface area contributed by atoms with Crippen LogP contribution in [0.15, 0.2) is 36.9 Å². The van der Waals surface area contributed by atoms with Gasteiger partial charge in [0.1, 0.15) is 5.82 Å². The highest BCUT2D eigenvalue weighted by Crippen LogP contribution is 2.39. The molecule has 0 unspecified atom stereocenters. The fourth-order valence-electron chi connectivity index (χ4n) is 4.59. The Balaban J connectivity index is 1.34. The monoisotopic (exact) mass is 349 g/mol. The first-order valence-electron chi connectivity index (χ1n) is 9.60. The van der Waals surface area contributed by atoms with Gasteiger partial charge in [-0.2, -0.15) is 0 Å². The van der Waals surface area contributed by atoms with Gasteiger partial charge in [-0.1, -0.05) is 0 Å². The molecular formula is C20H25N6+. The van der Waals surface area contributed by atoms with Crippen molar-refractivity contribution in [2.75, 3.05) is 44.2 Å². The Bertz CT molecular complexity index is 817. The Kier molecular flexibility index (Phi) is 3.93. The SMILES string of the molecule is c1cnc(N2CC[N+](=C3CCC4(CNC4)C3)CC2)c(-c2cnccn2)c1. The molecule has 134 valence electrons. The second-order valence-electron chi connectivity index (χ2n) is 7.79. The van der Waals surface area contributed by atoms with Crippen LogP contribution in [-0.2, 0) is 0 Å². The molecule has 0 atom stereocenters. The molecule has 4 heterocycles. The second-order valence-corrected chi connectivity index (χ2v) is 7.79. The zero-order valence-corrected chi connectivity index (χ0v) is 15.1. The number of anilines is 1. The summed E-state index contributed by atoms with van der Waals surface area (Å²) in [5, 5.41) is 3.46. The third kappa shape index (κ3) is 2.78. The van der Waals surface area contributed by atoms with E-state index in [0.717, 1.165) is 43.3 Å². The summed E-state index contributed by atoms with van der Waals surface area (Å²) >= 11 is 0. The van der Waals surface area contributed by atoms with Crippen molar-refractivity contribution in [1.82, 2.24) is 20.3 Å².